The molecule has 1 aromatic carbocycles. The minimum Gasteiger partial charge on any atom is -0.494 e. The number of nitrogens with zero attached hydrogens (tertiary/aromatic N) is 3. The summed E-state index contributed by atoms with van der Waals surface area (Å²) in [5, 5.41) is 21.7. The number of hydrogen-bond donors (Lipinski definition) is 2. The monoisotopic (exact) mass is 403 g/mol. The van der Waals surface area contributed by atoms with Crippen LogP contribution in [0.5, 0.6) is 11.8 Å². The van der Waals surface area contributed by atoms with Crippen molar-refractivity contribution in [3.8, 4) is 11.8 Å². The second-order valence-corrected chi connectivity index (χ2v) is 8.36. The van der Waals surface area contributed by atoms with Crippen LogP contribution in [0.1, 0.15) is 36.8 Å². The predicted molar refractivity (Wildman–Crippen MR) is 114 cm³/mol. The highest BCUT2D eigenvalue weighted by atomic mass is 35.5. The maximum Gasteiger partial charge on any atom is 0.197 e. The number of anilines is 1. The van der Waals surface area contributed by atoms with Crippen LogP contribution < -0.4 is 4.90 Å². The number of aromatic hydroxyl groups is 2. The zero-order valence-corrected chi connectivity index (χ0v) is 17.2. The van der Waals surface area contributed by atoms with E-state index >= 15 is 0 Å². The Kier molecular flexibility index (Phi) is 6.02. The van der Waals surface area contributed by atoms with Gasteiger partial charge in [-0.25, -0.2) is 0 Å². The van der Waals surface area contributed by atoms with E-state index in [9.17, 15) is 10.2 Å². The summed E-state index contributed by atoms with van der Waals surface area (Å²) in [4.78, 5) is 4.85. The number of fused-ring (bicyclic) bond motifs is 1. The van der Waals surface area contributed by atoms with Crippen LogP contribution in [0, 0.1) is 0 Å². The third-order valence-electron chi connectivity index (χ3n) is 6.19. The number of benzene rings is 1. The van der Waals surface area contributed by atoms with E-state index in [0.29, 0.717) is 18.3 Å². The van der Waals surface area contributed by atoms with Crippen molar-refractivity contribution in [1.29, 1.82) is 0 Å². The summed E-state index contributed by atoms with van der Waals surface area (Å²) in [7, 11) is 0. The molecule has 2 aromatic rings. The summed E-state index contributed by atoms with van der Waals surface area (Å²) in [5.41, 5.74) is 3.07. The van der Waals surface area contributed by atoms with Crippen LogP contribution in [-0.2, 0) is 19.4 Å². The lowest BCUT2D eigenvalue weighted by Gasteiger charge is -2.36. The Morgan fingerprint density at radius 2 is 1.43 bits per heavy atom. The molecule has 1 saturated heterocycles. The van der Waals surface area contributed by atoms with Gasteiger partial charge in [0, 0.05) is 43.9 Å². The first kappa shape index (κ1) is 19.5. The van der Waals surface area contributed by atoms with E-state index in [1.54, 1.807) is 4.57 Å². The quantitative estimate of drug-likeness (QED) is 0.715. The van der Waals surface area contributed by atoms with Crippen molar-refractivity contribution in [2.45, 2.75) is 45.1 Å². The number of piperazine rings is 1. The molecule has 1 fully saturated rings. The summed E-state index contributed by atoms with van der Waals surface area (Å²) in [5.74, 6) is 0.584. The van der Waals surface area contributed by atoms with Gasteiger partial charge < -0.3 is 15.1 Å². The normalized spacial score (nSPS) is 17.7. The van der Waals surface area contributed by atoms with E-state index in [4.69, 9.17) is 11.6 Å². The Labute approximate surface area is 172 Å². The topological polar surface area (TPSA) is 51.9 Å². The van der Waals surface area contributed by atoms with E-state index in [-0.39, 0.29) is 0 Å². The van der Waals surface area contributed by atoms with Crippen molar-refractivity contribution in [1.82, 2.24) is 9.47 Å². The van der Waals surface area contributed by atoms with Gasteiger partial charge >= 0.3 is 0 Å². The number of halogens is 1. The molecule has 0 saturated carbocycles. The van der Waals surface area contributed by atoms with Crippen molar-refractivity contribution < 1.29 is 10.2 Å². The number of hydrogen-bond acceptors (Lipinski definition) is 4. The van der Waals surface area contributed by atoms with Gasteiger partial charge in [0.25, 0.3) is 0 Å². The molecule has 0 amide bonds. The molecule has 2 N–H and O–H groups in total. The summed E-state index contributed by atoms with van der Waals surface area (Å²) in [6, 6.07) is 8.05. The summed E-state index contributed by atoms with van der Waals surface area (Å²) in [6.45, 7) is 5.81. The highest BCUT2D eigenvalue weighted by Crippen LogP contribution is 2.38. The van der Waals surface area contributed by atoms with Crippen LogP contribution in [0.3, 0.4) is 0 Å². The molecule has 0 radical (unpaired) electrons. The van der Waals surface area contributed by atoms with Crippen LogP contribution in [0.25, 0.3) is 0 Å². The third kappa shape index (κ3) is 3.96. The lowest BCUT2D eigenvalue weighted by atomic mass is 9.95. The molecule has 0 bridgehead atoms. The first-order chi connectivity index (χ1) is 13.6. The molecule has 2 aliphatic rings. The molecule has 4 rings (SSSR count). The number of rotatable bonds is 6. The molecule has 28 heavy (non-hydrogen) atoms. The second-order valence-electron chi connectivity index (χ2n) is 7.95. The third-order valence-corrected chi connectivity index (χ3v) is 6.51. The lowest BCUT2D eigenvalue weighted by Crippen LogP contribution is -2.46. The molecular weight excluding hydrogens is 374 g/mol. The first-order valence-electron chi connectivity index (χ1n) is 10.5. The first-order valence-corrected chi connectivity index (χ1v) is 10.9. The van der Waals surface area contributed by atoms with Crippen molar-refractivity contribution in [2.24, 2.45) is 0 Å². The van der Waals surface area contributed by atoms with Crippen LogP contribution in [-0.4, -0.2) is 52.4 Å². The fraction of sp³-hybridized carbons (Fsp3) is 0.545. The standard InChI is InChI=1S/C22H30ClN3O2/c23-19-9-3-4-10-20(19)25-15-13-24(14-16-25)11-5-6-12-26-21(27)17-7-1-2-8-18(17)22(26)28/h3-4,9-10,27-28H,1-2,5-8,11-16H2. The Bertz CT molecular complexity index is 783. The number of aromatic nitrogens is 1. The van der Waals surface area contributed by atoms with Gasteiger partial charge in [-0.2, -0.15) is 0 Å². The largest absolute Gasteiger partial charge is 0.494 e. The Morgan fingerprint density at radius 3 is 2.07 bits per heavy atom. The van der Waals surface area contributed by atoms with Gasteiger partial charge in [-0.1, -0.05) is 23.7 Å². The van der Waals surface area contributed by atoms with E-state index < -0.39 is 0 Å². The molecule has 0 unspecified atom stereocenters. The minimum atomic E-state index is 0.292. The van der Waals surface area contributed by atoms with Gasteiger partial charge in [0.05, 0.1) is 10.7 Å². The summed E-state index contributed by atoms with van der Waals surface area (Å²) < 4.78 is 1.71. The lowest BCUT2D eigenvalue weighted by molar-refractivity contribution is 0.249. The predicted octanol–water partition coefficient (Wildman–Crippen LogP) is 4.03. The Hall–Kier alpha value is -1.85. The van der Waals surface area contributed by atoms with Crippen LogP contribution in [0.15, 0.2) is 24.3 Å². The highest BCUT2D eigenvalue weighted by molar-refractivity contribution is 6.33. The zero-order chi connectivity index (χ0) is 19.5. The van der Waals surface area contributed by atoms with E-state index in [1.165, 1.54) is 0 Å². The van der Waals surface area contributed by atoms with Crippen LogP contribution >= 0.6 is 11.6 Å². The molecule has 1 aromatic heterocycles. The molecule has 6 heteroatoms. The average molecular weight is 404 g/mol. The van der Waals surface area contributed by atoms with E-state index in [2.05, 4.69) is 15.9 Å². The minimum absolute atomic E-state index is 0.292. The number of para-hydroxylation sites is 1. The van der Waals surface area contributed by atoms with Crippen molar-refractivity contribution in [3.05, 3.63) is 40.4 Å². The molecular formula is C22H30ClN3O2. The summed E-state index contributed by atoms with van der Waals surface area (Å²) >= 11 is 6.32. The van der Waals surface area contributed by atoms with Gasteiger partial charge in [-0.05, 0) is 57.2 Å². The van der Waals surface area contributed by atoms with Crippen molar-refractivity contribution in [2.75, 3.05) is 37.6 Å². The van der Waals surface area contributed by atoms with Crippen molar-refractivity contribution in [3.63, 3.8) is 0 Å². The fourth-order valence-corrected chi connectivity index (χ4v) is 4.82. The SMILES string of the molecule is Oc1c2c(c(O)n1CCCCN1CCN(c3ccccc3Cl)CC1)CCCC2. The molecule has 1 aliphatic carbocycles. The van der Waals surface area contributed by atoms with Gasteiger partial charge in [-0.3, -0.25) is 9.47 Å². The Morgan fingerprint density at radius 1 is 0.821 bits per heavy atom. The molecule has 0 atom stereocenters. The molecule has 0 spiro atoms. The van der Waals surface area contributed by atoms with Gasteiger partial charge in [0.2, 0.25) is 0 Å². The molecule has 2 heterocycles. The second kappa shape index (κ2) is 8.66. The molecule has 1 aliphatic heterocycles. The van der Waals surface area contributed by atoms with Crippen LogP contribution in [0.4, 0.5) is 5.69 Å². The van der Waals surface area contributed by atoms with Gasteiger partial charge in [-0.15, -0.1) is 0 Å². The Balaban J connectivity index is 1.23. The molecule has 5 nitrogen and oxygen atoms in total. The van der Waals surface area contributed by atoms with Gasteiger partial charge in [0.15, 0.2) is 11.8 Å². The van der Waals surface area contributed by atoms with Crippen LogP contribution in [0.2, 0.25) is 5.02 Å². The number of unbranched alkanes of at least 4 members (excludes halogenated alkanes) is 1. The smallest absolute Gasteiger partial charge is 0.197 e. The zero-order valence-electron chi connectivity index (χ0n) is 16.4. The van der Waals surface area contributed by atoms with Crippen molar-refractivity contribution >= 4 is 17.3 Å². The average Bonchev–Trinajstić information content (AvgIpc) is 2.97. The van der Waals surface area contributed by atoms with E-state index in [0.717, 1.165) is 93.1 Å². The van der Waals surface area contributed by atoms with Gasteiger partial charge in [0.1, 0.15) is 0 Å². The molecule has 152 valence electrons. The summed E-state index contributed by atoms with van der Waals surface area (Å²) in [6.07, 6.45) is 6.00. The fourth-order valence-electron chi connectivity index (χ4n) is 4.56. The maximum absolute atomic E-state index is 10.4. The highest BCUT2D eigenvalue weighted by Gasteiger charge is 2.24. The maximum atomic E-state index is 10.4. The van der Waals surface area contributed by atoms with E-state index in [1.807, 2.05) is 18.2 Å².